The summed E-state index contributed by atoms with van der Waals surface area (Å²) in [4.78, 5) is 28.4. The number of anilines is 1. The molecular formula is C30H32Cl2FN3O4S. The molecule has 1 saturated carbocycles. The van der Waals surface area contributed by atoms with Crippen molar-refractivity contribution in [1.82, 2.24) is 10.2 Å². The summed E-state index contributed by atoms with van der Waals surface area (Å²) in [6, 6.07) is 15.4. The number of aryl methyl sites for hydroxylation is 1. The van der Waals surface area contributed by atoms with Crippen LogP contribution in [0.1, 0.15) is 43.7 Å². The van der Waals surface area contributed by atoms with Crippen LogP contribution in [0.2, 0.25) is 10.0 Å². The zero-order valence-electron chi connectivity index (χ0n) is 22.8. The average molecular weight is 621 g/mol. The van der Waals surface area contributed by atoms with Gasteiger partial charge in [-0.3, -0.25) is 13.9 Å². The van der Waals surface area contributed by atoms with E-state index in [4.69, 9.17) is 23.2 Å². The molecule has 0 heterocycles. The minimum absolute atomic E-state index is 0.00462. The molecule has 0 aromatic heterocycles. The van der Waals surface area contributed by atoms with Gasteiger partial charge in [-0.1, -0.05) is 71.9 Å². The van der Waals surface area contributed by atoms with Gasteiger partial charge in [0.05, 0.1) is 20.6 Å². The first-order valence-electron chi connectivity index (χ1n) is 13.3. The molecule has 3 aromatic carbocycles. The summed E-state index contributed by atoms with van der Waals surface area (Å²) in [6.07, 6.45) is 3.71. The molecule has 0 aliphatic heterocycles. The fourth-order valence-corrected chi connectivity index (χ4v) is 6.49. The number of nitrogens with zero attached hydrogens (tertiary/aromatic N) is 2. The summed E-state index contributed by atoms with van der Waals surface area (Å²) in [6.45, 7) is 2.49. The number of hydrogen-bond acceptors (Lipinski definition) is 4. The fourth-order valence-electron chi connectivity index (χ4n) is 4.79. The first-order valence-corrected chi connectivity index (χ1v) is 15.5. The highest BCUT2D eigenvalue weighted by molar-refractivity contribution is 7.92. The minimum Gasteiger partial charge on any atom is -0.352 e. The summed E-state index contributed by atoms with van der Waals surface area (Å²) < 4.78 is 43.4. The first-order chi connectivity index (χ1) is 19.5. The van der Waals surface area contributed by atoms with Crippen molar-refractivity contribution in [2.45, 2.75) is 63.1 Å². The Bertz CT molecular complexity index is 1510. The number of amides is 2. The predicted molar refractivity (Wildman–Crippen MR) is 159 cm³/mol. The quantitative estimate of drug-likeness (QED) is 0.296. The van der Waals surface area contributed by atoms with Gasteiger partial charge in [-0.05, 0) is 63.1 Å². The number of sulfonamides is 1. The maximum Gasteiger partial charge on any atom is 0.264 e. The summed E-state index contributed by atoms with van der Waals surface area (Å²) in [5, 5.41) is 3.30. The number of rotatable bonds is 10. The van der Waals surface area contributed by atoms with Gasteiger partial charge < -0.3 is 10.2 Å². The first kappa shape index (κ1) is 30.8. The number of hydrogen-bond donors (Lipinski definition) is 1. The predicted octanol–water partition coefficient (Wildman–Crippen LogP) is 6.11. The molecule has 2 amide bonds. The maximum atomic E-state index is 14.7. The van der Waals surface area contributed by atoms with Gasteiger partial charge in [-0.25, -0.2) is 12.8 Å². The van der Waals surface area contributed by atoms with E-state index in [9.17, 15) is 22.4 Å². The molecule has 0 bridgehead atoms. The van der Waals surface area contributed by atoms with Gasteiger partial charge in [-0.15, -0.1) is 0 Å². The zero-order chi connectivity index (χ0) is 29.7. The molecule has 4 rings (SSSR count). The molecule has 11 heteroatoms. The van der Waals surface area contributed by atoms with Crippen molar-refractivity contribution in [1.29, 1.82) is 0 Å². The third-order valence-corrected chi connectivity index (χ3v) is 9.77. The number of nitrogens with one attached hydrogen (secondary N) is 1. The third-order valence-electron chi connectivity index (χ3n) is 7.25. The Hall–Kier alpha value is -3.14. The molecule has 0 radical (unpaired) electrons. The summed E-state index contributed by atoms with van der Waals surface area (Å²) in [5.41, 5.74) is 1.17. The van der Waals surface area contributed by atoms with E-state index in [-0.39, 0.29) is 44.7 Å². The Morgan fingerprint density at radius 3 is 2.29 bits per heavy atom. The third kappa shape index (κ3) is 7.39. The van der Waals surface area contributed by atoms with Gasteiger partial charge in [0, 0.05) is 18.2 Å². The van der Waals surface area contributed by atoms with E-state index in [0.717, 1.165) is 35.6 Å². The van der Waals surface area contributed by atoms with Gasteiger partial charge in [-0.2, -0.15) is 0 Å². The SMILES string of the molecule is Cc1ccc(S(=O)(=O)N(CC(=O)N(Cc2ccccc2F)C(C)C(=O)NC2CCCC2)c2ccc(Cl)c(Cl)c2)cc1. The van der Waals surface area contributed by atoms with Crippen molar-refractivity contribution in [3.8, 4) is 0 Å². The standard InChI is InChI=1S/C30H32Cl2FN3O4S/c1-20-11-14-25(15-12-20)41(39,40)36(24-13-16-26(31)27(32)17-24)19-29(37)35(18-22-7-3-6-10-28(22)33)21(2)30(38)34-23-8-4-5-9-23/h3,6-7,10-17,21,23H,4-5,8-9,18-19H2,1-2H3,(H,34,38). The molecule has 1 fully saturated rings. The van der Waals surface area contributed by atoms with Crippen molar-refractivity contribution in [2.75, 3.05) is 10.8 Å². The van der Waals surface area contributed by atoms with Crippen LogP contribution in [0, 0.1) is 12.7 Å². The molecule has 7 nitrogen and oxygen atoms in total. The number of carbonyl (C=O) groups is 2. The van der Waals surface area contributed by atoms with Crippen LogP contribution in [0.4, 0.5) is 10.1 Å². The summed E-state index contributed by atoms with van der Waals surface area (Å²) in [5.74, 6) is -1.62. The van der Waals surface area contributed by atoms with E-state index >= 15 is 0 Å². The van der Waals surface area contributed by atoms with E-state index in [1.165, 1.54) is 53.4 Å². The van der Waals surface area contributed by atoms with E-state index in [1.54, 1.807) is 25.1 Å². The highest BCUT2D eigenvalue weighted by Crippen LogP contribution is 2.31. The molecule has 1 unspecified atom stereocenters. The second-order valence-corrected chi connectivity index (χ2v) is 12.9. The molecule has 218 valence electrons. The maximum absolute atomic E-state index is 14.7. The second-order valence-electron chi connectivity index (χ2n) is 10.2. The van der Waals surface area contributed by atoms with Crippen LogP contribution >= 0.6 is 23.2 Å². The van der Waals surface area contributed by atoms with Crippen LogP contribution in [-0.2, 0) is 26.2 Å². The van der Waals surface area contributed by atoms with Crippen molar-refractivity contribution >= 4 is 50.7 Å². The van der Waals surface area contributed by atoms with Crippen LogP contribution < -0.4 is 9.62 Å². The number of carbonyl (C=O) groups excluding carboxylic acids is 2. The number of halogens is 3. The van der Waals surface area contributed by atoms with Gasteiger partial charge in [0.25, 0.3) is 10.0 Å². The highest BCUT2D eigenvalue weighted by atomic mass is 35.5. The second kappa shape index (κ2) is 13.2. The molecule has 41 heavy (non-hydrogen) atoms. The highest BCUT2D eigenvalue weighted by Gasteiger charge is 2.34. The Kier molecular flexibility index (Phi) is 9.94. The Morgan fingerprint density at radius 1 is 1.00 bits per heavy atom. The Morgan fingerprint density at radius 2 is 1.66 bits per heavy atom. The van der Waals surface area contributed by atoms with E-state index < -0.39 is 34.3 Å². The molecule has 1 atom stereocenters. The largest absolute Gasteiger partial charge is 0.352 e. The lowest BCUT2D eigenvalue weighted by Gasteiger charge is -2.32. The monoisotopic (exact) mass is 619 g/mol. The van der Waals surface area contributed by atoms with Gasteiger partial charge in [0.15, 0.2) is 0 Å². The molecule has 0 spiro atoms. The minimum atomic E-state index is -4.27. The lowest BCUT2D eigenvalue weighted by Crippen LogP contribution is -2.52. The molecule has 1 aliphatic carbocycles. The molecule has 0 saturated heterocycles. The Balaban J connectivity index is 1.71. The number of benzene rings is 3. The van der Waals surface area contributed by atoms with Crippen LogP contribution in [0.25, 0.3) is 0 Å². The van der Waals surface area contributed by atoms with Crippen molar-refractivity contribution in [3.05, 3.63) is 93.7 Å². The van der Waals surface area contributed by atoms with Crippen molar-refractivity contribution in [2.24, 2.45) is 0 Å². The zero-order valence-corrected chi connectivity index (χ0v) is 25.1. The van der Waals surface area contributed by atoms with Crippen LogP contribution in [0.15, 0.2) is 71.6 Å². The average Bonchev–Trinajstić information content (AvgIpc) is 3.45. The molecule has 1 N–H and O–H groups in total. The van der Waals surface area contributed by atoms with Crippen molar-refractivity contribution in [3.63, 3.8) is 0 Å². The molecule has 3 aromatic rings. The van der Waals surface area contributed by atoms with Gasteiger partial charge in [0.1, 0.15) is 18.4 Å². The normalized spacial score (nSPS) is 14.5. The van der Waals surface area contributed by atoms with Gasteiger partial charge >= 0.3 is 0 Å². The molecular weight excluding hydrogens is 588 g/mol. The summed E-state index contributed by atoms with van der Waals surface area (Å²) in [7, 11) is -4.27. The van der Waals surface area contributed by atoms with E-state index in [1.807, 2.05) is 6.92 Å². The van der Waals surface area contributed by atoms with Crippen molar-refractivity contribution < 1.29 is 22.4 Å². The van der Waals surface area contributed by atoms with Gasteiger partial charge in [0.2, 0.25) is 11.8 Å². The van der Waals surface area contributed by atoms with E-state index in [0.29, 0.717) is 0 Å². The molecule has 1 aliphatic rings. The Labute approximate surface area is 250 Å². The summed E-state index contributed by atoms with van der Waals surface area (Å²) >= 11 is 12.3. The van der Waals surface area contributed by atoms with Crippen LogP contribution in [0.5, 0.6) is 0 Å². The van der Waals surface area contributed by atoms with Crippen LogP contribution in [-0.4, -0.2) is 43.8 Å². The fraction of sp³-hybridized carbons (Fsp3) is 0.333. The van der Waals surface area contributed by atoms with E-state index in [2.05, 4.69) is 5.32 Å². The van der Waals surface area contributed by atoms with Crippen LogP contribution in [0.3, 0.4) is 0 Å². The smallest absolute Gasteiger partial charge is 0.264 e. The topological polar surface area (TPSA) is 86.8 Å². The lowest BCUT2D eigenvalue weighted by molar-refractivity contribution is -0.139. The lowest BCUT2D eigenvalue weighted by atomic mass is 10.1.